The molecule has 2 aliphatic rings. The molecule has 0 bridgehead atoms. The van der Waals surface area contributed by atoms with Crippen molar-refractivity contribution in [2.75, 3.05) is 6.54 Å². The van der Waals surface area contributed by atoms with E-state index < -0.39 is 22.6 Å². The van der Waals surface area contributed by atoms with Crippen LogP contribution in [0.25, 0.3) is 11.3 Å². The van der Waals surface area contributed by atoms with Crippen LogP contribution in [-0.2, 0) is 22.8 Å². The monoisotopic (exact) mass is 387 g/mol. The average Bonchev–Trinajstić information content (AvgIpc) is 3.33. The summed E-state index contributed by atoms with van der Waals surface area (Å²) in [6.45, 7) is 0.393. The second-order valence-corrected chi connectivity index (χ2v) is 8.25. The Morgan fingerprint density at radius 1 is 1.30 bits per heavy atom. The number of aromatic nitrogens is 2. The number of amides is 3. The molecular formula is C18H21N5O3S. The normalized spacial score (nSPS) is 25.6. The van der Waals surface area contributed by atoms with Crippen molar-refractivity contribution in [1.29, 1.82) is 0 Å². The lowest BCUT2D eigenvalue weighted by Gasteiger charge is -2.28. The molecule has 27 heavy (non-hydrogen) atoms. The summed E-state index contributed by atoms with van der Waals surface area (Å²) in [7, 11) is 0.480. The van der Waals surface area contributed by atoms with Crippen molar-refractivity contribution in [3.8, 4) is 11.3 Å². The van der Waals surface area contributed by atoms with Crippen LogP contribution in [-0.4, -0.2) is 38.0 Å². The van der Waals surface area contributed by atoms with Crippen molar-refractivity contribution >= 4 is 22.9 Å². The highest BCUT2D eigenvalue weighted by molar-refractivity contribution is 7.83. The first-order valence-electron chi connectivity index (χ1n) is 8.87. The number of hydrogen-bond acceptors (Lipinski definition) is 4. The minimum absolute atomic E-state index is 0.0818. The van der Waals surface area contributed by atoms with Crippen LogP contribution in [0.2, 0.25) is 0 Å². The third-order valence-electron chi connectivity index (χ3n) is 5.44. The van der Waals surface area contributed by atoms with Crippen LogP contribution < -0.4 is 15.4 Å². The van der Waals surface area contributed by atoms with E-state index >= 15 is 0 Å². The fourth-order valence-corrected chi connectivity index (χ4v) is 4.89. The molecule has 8 nitrogen and oxygen atoms in total. The Morgan fingerprint density at radius 2 is 2.07 bits per heavy atom. The van der Waals surface area contributed by atoms with Gasteiger partial charge in [-0.15, -0.1) is 0 Å². The van der Waals surface area contributed by atoms with E-state index in [2.05, 4.69) is 20.5 Å². The fourth-order valence-electron chi connectivity index (χ4n) is 3.99. The smallest absolute Gasteiger partial charge is 0.322 e. The van der Waals surface area contributed by atoms with Gasteiger partial charge in [0, 0.05) is 25.7 Å². The number of aryl methyl sites for hydroxylation is 1. The molecule has 4 rings (SSSR count). The predicted octanol–water partition coefficient (Wildman–Crippen LogP) is 1.08. The minimum Gasteiger partial charge on any atom is -0.323 e. The van der Waals surface area contributed by atoms with Gasteiger partial charge in [-0.05, 0) is 36.6 Å². The van der Waals surface area contributed by atoms with Gasteiger partial charge in [-0.2, -0.15) is 5.10 Å². The van der Waals surface area contributed by atoms with Crippen LogP contribution in [0.5, 0.6) is 0 Å². The molecule has 1 saturated carbocycles. The standard InChI is InChI=1S/C18H21N5O3S/c1-23-15(8-10-19-23)12-4-6-14(7-5-12)27(26)20-11-13-3-2-9-18(13)16(24)21-17(25)22-18/h4-8,10,13,20H,2-3,9,11H2,1H3,(H2,21,22,24,25). The Labute approximate surface area is 159 Å². The summed E-state index contributed by atoms with van der Waals surface area (Å²) >= 11 is 0. The molecule has 1 aliphatic carbocycles. The van der Waals surface area contributed by atoms with Crippen molar-refractivity contribution in [3.63, 3.8) is 0 Å². The van der Waals surface area contributed by atoms with E-state index in [1.165, 1.54) is 0 Å². The zero-order chi connectivity index (χ0) is 19.0. The second-order valence-electron chi connectivity index (χ2n) is 6.95. The SMILES string of the molecule is Cn1nccc1-c1ccc(S(=O)NCC2CCCC23NC(=O)NC3=O)cc1. The van der Waals surface area contributed by atoms with E-state index in [4.69, 9.17) is 0 Å². The van der Waals surface area contributed by atoms with Crippen LogP contribution in [0.4, 0.5) is 4.79 Å². The topological polar surface area (TPSA) is 105 Å². The van der Waals surface area contributed by atoms with E-state index in [-0.39, 0.29) is 11.8 Å². The number of carbonyl (C=O) groups excluding carboxylic acids is 2. The van der Waals surface area contributed by atoms with Gasteiger partial charge in [0.2, 0.25) is 0 Å². The third kappa shape index (κ3) is 3.17. The van der Waals surface area contributed by atoms with Gasteiger partial charge in [-0.1, -0.05) is 18.6 Å². The van der Waals surface area contributed by atoms with Crippen molar-refractivity contribution in [2.45, 2.75) is 29.7 Å². The number of carbonyl (C=O) groups is 2. The van der Waals surface area contributed by atoms with Gasteiger partial charge < -0.3 is 5.32 Å². The number of benzene rings is 1. The van der Waals surface area contributed by atoms with E-state index in [1.807, 2.05) is 37.4 Å². The van der Waals surface area contributed by atoms with Gasteiger partial charge >= 0.3 is 6.03 Å². The lowest BCUT2D eigenvalue weighted by atomic mass is 9.87. The van der Waals surface area contributed by atoms with Crippen LogP contribution in [0.15, 0.2) is 41.4 Å². The highest BCUT2D eigenvalue weighted by atomic mass is 32.2. The van der Waals surface area contributed by atoms with Gasteiger partial charge in [-0.25, -0.2) is 13.7 Å². The van der Waals surface area contributed by atoms with Gasteiger partial charge in [-0.3, -0.25) is 14.8 Å². The zero-order valence-electron chi connectivity index (χ0n) is 14.9. The zero-order valence-corrected chi connectivity index (χ0v) is 15.7. The average molecular weight is 387 g/mol. The molecule has 1 saturated heterocycles. The maximum absolute atomic E-state index is 12.6. The predicted molar refractivity (Wildman–Crippen MR) is 99.8 cm³/mol. The molecule has 1 spiro atoms. The summed E-state index contributed by atoms with van der Waals surface area (Å²) < 4.78 is 17.4. The number of nitrogens with one attached hydrogen (secondary N) is 3. The Balaban J connectivity index is 1.42. The first-order valence-corrected chi connectivity index (χ1v) is 10.0. The highest BCUT2D eigenvalue weighted by Gasteiger charge is 2.54. The van der Waals surface area contributed by atoms with Gasteiger partial charge in [0.15, 0.2) is 0 Å². The molecule has 1 aromatic heterocycles. The third-order valence-corrected chi connectivity index (χ3v) is 6.56. The molecule has 2 aromatic rings. The molecule has 142 valence electrons. The molecular weight excluding hydrogens is 366 g/mol. The highest BCUT2D eigenvalue weighted by Crippen LogP contribution is 2.37. The number of urea groups is 1. The number of hydrogen-bond donors (Lipinski definition) is 3. The summed E-state index contributed by atoms with van der Waals surface area (Å²) in [5.74, 6) is -0.357. The maximum atomic E-state index is 12.6. The van der Waals surface area contributed by atoms with Gasteiger partial charge in [0.1, 0.15) is 16.5 Å². The summed E-state index contributed by atoms with van der Waals surface area (Å²) in [6, 6.07) is 8.94. The Kier molecular flexibility index (Phi) is 4.56. The Hall–Kier alpha value is -2.52. The lowest BCUT2D eigenvalue weighted by Crippen LogP contribution is -2.52. The largest absolute Gasteiger partial charge is 0.323 e. The molecule has 2 fully saturated rings. The van der Waals surface area contributed by atoms with Crippen molar-refractivity contribution in [3.05, 3.63) is 36.5 Å². The molecule has 0 radical (unpaired) electrons. The minimum atomic E-state index is -1.39. The molecule has 3 unspecified atom stereocenters. The van der Waals surface area contributed by atoms with Gasteiger partial charge in [0.05, 0.1) is 10.6 Å². The molecule has 9 heteroatoms. The van der Waals surface area contributed by atoms with E-state index in [1.54, 1.807) is 10.9 Å². The number of imide groups is 1. The maximum Gasteiger partial charge on any atom is 0.322 e. The number of rotatable bonds is 5. The van der Waals surface area contributed by atoms with Crippen LogP contribution in [0.1, 0.15) is 19.3 Å². The van der Waals surface area contributed by atoms with Crippen LogP contribution >= 0.6 is 0 Å². The Bertz CT molecular complexity index is 910. The van der Waals surface area contributed by atoms with Crippen LogP contribution in [0.3, 0.4) is 0 Å². The molecule has 1 aliphatic heterocycles. The molecule has 3 atom stereocenters. The van der Waals surface area contributed by atoms with Crippen LogP contribution in [0, 0.1) is 5.92 Å². The Morgan fingerprint density at radius 3 is 2.70 bits per heavy atom. The second kappa shape index (κ2) is 6.90. The summed E-state index contributed by atoms with van der Waals surface area (Å²) in [5, 5.41) is 9.25. The molecule has 2 heterocycles. The molecule has 1 aromatic carbocycles. The first-order chi connectivity index (χ1) is 13.0. The first kappa shape index (κ1) is 17.9. The lowest BCUT2D eigenvalue weighted by molar-refractivity contribution is -0.125. The van der Waals surface area contributed by atoms with Crippen molar-refractivity contribution < 1.29 is 13.8 Å². The molecule has 3 N–H and O–H groups in total. The summed E-state index contributed by atoms with van der Waals surface area (Å²) in [6.07, 6.45) is 4.00. The quantitative estimate of drug-likeness (QED) is 0.668. The summed E-state index contributed by atoms with van der Waals surface area (Å²) in [5.41, 5.74) is 1.12. The van der Waals surface area contributed by atoms with Gasteiger partial charge in [0.25, 0.3) is 5.91 Å². The molecule has 3 amide bonds. The van der Waals surface area contributed by atoms with E-state index in [0.717, 1.165) is 24.1 Å². The van der Waals surface area contributed by atoms with Crippen molar-refractivity contribution in [1.82, 2.24) is 25.1 Å². The fraction of sp³-hybridized carbons (Fsp3) is 0.389. The van der Waals surface area contributed by atoms with E-state index in [9.17, 15) is 13.8 Å². The van der Waals surface area contributed by atoms with Crippen molar-refractivity contribution in [2.24, 2.45) is 13.0 Å². The van der Waals surface area contributed by atoms with E-state index in [0.29, 0.717) is 17.9 Å². The summed E-state index contributed by atoms with van der Waals surface area (Å²) in [4.78, 5) is 24.4. The number of nitrogens with zero attached hydrogens (tertiary/aromatic N) is 2.